The second kappa shape index (κ2) is 8.87. The second-order valence-electron chi connectivity index (χ2n) is 7.84. The third-order valence-corrected chi connectivity index (χ3v) is 6.80. The Hall–Kier alpha value is -2.87. The van der Waals surface area contributed by atoms with Crippen LogP contribution in [0.1, 0.15) is 59.1 Å². The Morgan fingerprint density at radius 2 is 1.90 bits per heavy atom. The molecule has 1 aromatic heterocycles. The Labute approximate surface area is 180 Å². The number of benzene rings is 1. The lowest BCUT2D eigenvalue weighted by Gasteiger charge is -2.33. The molecule has 0 amide bonds. The number of hydrogen-bond donors (Lipinski definition) is 1. The number of nitriles is 2. The van der Waals surface area contributed by atoms with Crippen LogP contribution in [-0.2, 0) is 4.79 Å². The topological polar surface area (TPSA) is 107 Å². The van der Waals surface area contributed by atoms with E-state index < -0.39 is 5.25 Å². The average Bonchev–Trinajstić information content (AvgIpc) is 3.62. The minimum Gasteiger partial charge on any atom is -0.354 e. The monoisotopic (exact) mass is 417 g/mol. The number of aromatic nitrogens is 1. The van der Waals surface area contributed by atoms with E-state index in [1.807, 2.05) is 30.3 Å². The number of carbonyl (C=O) groups is 1. The van der Waals surface area contributed by atoms with Crippen molar-refractivity contribution in [2.75, 3.05) is 18.0 Å². The fraction of sp³-hybridized carbons (Fsp3) is 0.391. The number of carbonyl (C=O) groups excluding carboxylic acids is 1. The van der Waals surface area contributed by atoms with Gasteiger partial charge in [0.2, 0.25) is 0 Å². The smallest absolute Gasteiger partial charge is 0.148 e. The minimum absolute atomic E-state index is 0.0373. The van der Waals surface area contributed by atoms with Crippen LogP contribution in [0, 0.1) is 22.7 Å². The molecule has 6 nitrogen and oxygen atoms in total. The summed E-state index contributed by atoms with van der Waals surface area (Å²) in [6.45, 7) is 1.42. The first-order valence-electron chi connectivity index (χ1n) is 10.2. The lowest BCUT2D eigenvalue weighted by Crippen LogP contribution is -2.43. The van der Waals surface area contributed by atoms with Crippen molar-refractivity contribution in [2.45, 2.75) is 47.9 Å². The Morgan fingerprint density at radius 3 is 2.50 bits per heavy atom. The summed E-state index contributed by atoms with van der Waals surface area (Å²) in [6.07, 6.45) is 4.70. The summed E-state index contributed by atoms with van der Waals surface area (Å²) in [5.74, 6) is 0.814. The van der Waals surface area contributed by atoms with Gasteiger partial charge in [-0.1, -0.05) is 42.1 Å². The van der Waals surface area contributed by atoms with Gasteiger partial charge in [0.05, 0.1) is 16.4 Å². The summed E-state index contributed by atoms with van der Waals surface area (Å²) in [5, 5.41) is 20.0. The van der Waals surface area contributed by atoms with Gasteiger partial charge in [-0.25, -0.2) is 4.98 Å². The number of aldehydes is 1. The van der Waals surface area contributed by atoms with Crippen molar-refractivity contribution in [3.63, 3.8) is 0 Å². The number of hydrogen-bond acceptors (Lipinski definition) is 7. The van der Waals surface area contributed by atoms with Crippen molar-refractivity contribution in [3.8, 4) is 12.1 Å². The van der Waals surface area contributed by atoms with Crippen LogP contribution in [0.15, 0.2) is 35.4 Å². The van der Waals surface area contributed by atoms with E-state index in [9.17, 15) is 15.3 Å². The van der Waals surface area contributed by atoms with Gasteiger partial charge < -0.3 is 15.4 Å². The van der Waals surface area contributed by atoms with Gasteiger partial charge in [0.1, 0.15) is 29.3 Å². The van der Waals surface area contributed by atoms with Crippen LogP contribution in [0.4, 0.5) is 5.82 Å². The van der Waals surface area contributed by atoms with Gasteiger partial charge in [-0.2, -0.15) is 10.5 Å². The molecule has 1 aliphatic carbocycles. The molecule has 2 atom stereocenters. The highest BCUT2D eigenvalue weighted by Crippen LogP contribution is 2.48. The van der Waals surface area contributed by atoms with E-state index in [4.69, 9.17) is 10.7 Å². The quantitative estimate of drug-likeness (QED) is 0.564. The summed E-state index contributed by atoms with van der Waals surface area (Å²) in [7, 11) is 0. The van der Waals surface area contributed by atoms with E-state index in [2.05, 4.69) is 17.0 Å². The Morgan fingerprint density at radius 1 is 1.17 bits per heavy atom. The van der Waals surface area contributed by atoms with E-state index in [1.54, 1.807) is 0 Å². The van der Waals surface area contributed by atoms with Crippen LogP contribution in [0.2, 0.25) is 0 Å². The van der Waals surface area contributed by atoms with Crippen molar-refractivity contribution >= 4 is 23.9 Å². The van der Waals surface area contributed by atoms with Crippen LogP contribution >= 0.6 is 11.8 Å². The zero-order valence-electron chi connectivity index (χ0n) is 16.6. The van der Waals surface area contributed by atoms with E-state index in [-0.39, 0.29) is 12.0 Å². The summed E-state index contributed by atoms with van der Waals surface area (Å²) in [4.78, 5) is 18.7. The molecule has 7 heteroatoms. The van der Waals surface area contributed by atoms with Crippen LogP contribution in [0.3, 0.4) is 0 Å². The van der Waals surface area contributed by atoms with Gasteiger partial charge in [-0.15, -0.1) is 0 Å². The standard InChI is InChI=1S/C23H23N5OS/c24-11-18-21(16-8-9-16)19(12-25)23(27-22(18)28-10-4-7-17(26)13-28)30-20(14-29)15-5-2-1-3-6-15/h1-3,5-6,14,16-17,20H,4,7-10,13,26H2. The van der Waals surface area contributed by atoms with Crippen LogP contribution < -0.4 is 10.6 Å². The second-order valence-corrected chi connectivity index (χ2v) is 8.97. The molecule has 30 heavy (non-hydrogen) atoms. The zero-order valence-corrected chi connectivity index (χ0v) is 17.4. The van der Waals surface area contributed by atoms with E-state index >= 15 is 0 Å². The van der Waals surface area contributed by atoms with Crippen LogP contribution in [0.5, 0.6) is 0 Å². The molecule has 0 radical (unpaired) electrons. The van der Waals surface area contributed by atoms with Gasteiger partial charge in [-0.05, 0) is 42.7 Å². The highest BCUT2D eigenvalue weighted by Gasteiger charge is 2.35. The molecule has 2 N–H and O–H groups in total. The number of anilines is 1. The van der Waals surface area contributed by atoms with Gasteiger partial charge in [0, 0.05) is 19.1 Å². The van der Waals surface area contributed by atoms with Crippen molar-refractivity contribution in [1.29, 1.82) is 10.5 Å². The van der Waals surface area contributed by atoms with Crippen molar-refractivity contribution in [1.82, 2.24) is 4.98 Å². The maximum atomic E-state index is 11.9. The van der Waals surface area contributed by atoms with Gasteiger partial charge in [0.25, 0.3) is 0 Å². The molecule has 2 unspecified atom stereocenters. The Bertz CT molecular complexity index is 1020. The number of pyridine rings is 1. The lowest BCUT2D eigenvalue weighted by molar-refractivity contribution is -0.107. The molecular weight excluding hydrogens is 394 g/mol. The maximum Gasteiger partial charge on any atom is 0.148 e. The number of piperidine rings is 1. The first-order chi connectivity index (χ1) is 14.7. The molecular formula is C23H23N5OS. The molecule has 1 saturated carbocycles. The molecule has 1 saturated heterocycles. The SMILES string of the molecule is N#Cc1c(SC(C=O)c2ccccc2)nc(N2CCCC(N)C2)c(C#N)c1C1CC1. The fourth-order valence-electron chi connectivity index (χ4n) is 4.02. The van der Waals surface area contributed by atoms with Crippen molar-refractivity contribution in [2.24, 2.45) is 5.73 Å². The lowest BCUT2D eigenvalue weighted by atomic mass is 9.98. The van der Waals surface area contributed by atoms with E-state index in [0.717, 1.165) is 49.6 Å². The fourth-order valence-corrected chi connectivity index (χ4v) is 5.02. The van der Waals surface area contributed by atoms with Gasteiger partial charge in [0.15, 0.2) is 0 Å². The molecule has 2 heterocycles. The molecule has 2 fully saturated rings. The zero-order chi connectivity index (χ0) is 21.1. The predicted molar refractivity (Wildman–Crippen MR) is 116 cm³/mol. The Balaban J connectivity index is 1.82. The van der Waals surface area contributed by atoms with Crippen molar-refractivity contribution in [3.05, 3.63) is 52.6 Å². The van der Waals surface area contributed by atoms with Gasteiger partial charge >= 0.3 is 0 Å². The molecule has 1 aliphatic heterocycles. The third kappa shape index (κ3) is 4.05. The highest BCUT2D eigenvalue weighted by molar-refractivity contribution is 8.00. The molecule has 0 spiro atoms. The molecule has 0 bridgehead atoms. The predicted octanol–water partition coefficient (Wildman–Crippen LogP) is 3.66. The molecule has 1 aromatic carbocycles. The minimum atomic E-state index is -0.470. The van der Waals surface area contributed by atoms with Crippen molar-refractivity contribution < 1.29 is 4.79 Å². The highest BCUT2D eigenvalue weighted by atomic mass is 32.2. The summed E-state index contributed by atoms with van der Waals surface area (Å²) >= 11 is 1.28. The largest absolute Gasteiger partial charge is 0.354 e. The first kappa shape index (κ1) is 20.4. The van der Waals surface area contributed by atoms with Crippen LogP contribution in [-0.4, -0.2) is 30.4 Å². The normalized spacial score (nSPS) is 19.6. The average molecular weight is 418 g/mol. The van der Waals surface area contributed by atoms with E-state index in [0.29, 0.717) is 28.5 Å². The Kier molecular flexibility index (Phi) is 6.03. The summed E-state index contributed by atoms with van der Waals surface area (Å²) in [5.41, 5.74) is 8.77. The molecule has 2 aromatic rings. The summed E-state index contributed by atoms with van der Waals surface area (Å²) < 4.78 is 0. The van der Waals surface area contributed by atoms with E-state index in [1.165, 1.54) is 11.8 Å². The first-order valence-corrected chi connectivity index (χ1v) is 11.1. The molecule has 2 aliphatic rings. The molecule has 152 valence electrons. The third-order valence-electron chi connectivity index (χ3n) is 5.64. The number of rotatable bonds is 6. The maximum absolute atomic E-state index is 11.9. The summed E-state index contributed by atoms with van der Waals surface area (Å²) in [6, 6.07) is 14.1. The van der Waals surface area contributed by atoms with Gasteiger partial charge in [-0.3, -0.25) is 0 Å². The number of nitrogens with zero attached hydrogens (tertiary/aromatic N) is 4. The number of thioether (sulfide) groups is 1. The van der Waals surface area contributed by atoms with Crippen LogP contribution in [0.25, 0.3) is 0 Å². The molecule has 4 rings (SSSR count). The number of nitrogens with two attached hydrogens (primary N) is 1.